The molecule has 1 aromatic carbocycles. The monoisotopic (exact) mass is 116 g/mol. The van der Waals surface area contributed by atoms with Crippen LogP contribution in [0.2, 0.25) is 0 Å². The first-order valence-electron chi connectivity index (χ1n) is 2.92. The van der Waals surface area contributed by atoms with E-state index >= 15 is 0 Å². The quantitative estimate of drug-likeness (QED) is 0.433. The summed E-state index contributed by atoms with van der Waals surface area (Å²) in [5.74, 6) is 0. The topological polar surface area (TPSA) is 17.3 Å². The van der Waals surface area contributed by atoms with E-state index in [2.05, 4.69) is 17.2 Å². The van der Waals surface area contributed by atoms with E-state index in [1.165, 1.54) is 10.8 Å². The van der Waals surface area contributed by atoms with Crippen molar-refractivity contribution >= 4 is 16.4 Å². The van der Waals surface area contributed by atoms with Gasteiger partial charge in [-0.1, -0.05) is 0 Å². The number of aromatic nitrogens is 2. The Morgan fingerprint density at radius 2 is 2.44 bits per heavy atom. The van der Waals surface area contributed by atoms with Crippen LogP contribution >= 0.6 is 0 Å². The SMILES string of the molecule is c1cn2cc3cc3c2n1. The summed E-state index contributed by atoms with van der Waals surface area (Å²) in [6.07, 6.45) is 5.88. The molecule has 0 aliphatic carbocycles. The van der Waals surface area contributed by atoms with Gasteiger partial charge in [0.25, 0.3) is 0 Å². The zero-order valence-electron chi connectivity index (χ0n) is 4.70. The van der Waals surface area contributed by atoms with Crippen LogP contribution in [0.3, 0.4) is 0 Å². The number of pyridine rings is 1. The van der Waals surface area contributed by atoms with Crippen LogP contribution < -0.4 is 0 Å². The average molecular weight is 116 g/mol. The molecule has 3 rings (SSSR count). The lowest BCUT2D eigenvalue weighted by Crippen LogP contribution is -1.69. The molecule has 0 bridgehead atoms. The van der Waals surface area contributed by atoms with Crippen molar-refractivity contribution < 1.29 is 0 Å². The molecule has 0 fully saturated rings. The summed E-state index contributed by atoms with van der Waals surface area (Å²) < 4.78 is 2.05. The van der Waals surface area contributed by atoms with Crippen molar-refractivity contribution in [1.82, 2.24) is 9.38 Å². The van der Waals surface area contributed by atoms with Gasteiger partial charge in [-0.2, -0.15) is 0 Å². The molecule has 0 atom stereocenters. The fraction of sp³-hybridized carbons (Fsp3) is 0. The average Bonchev–Trinajstić information content (AvgIpc) is 2.38. The van der Waals surface area contributed by atoms with Crippen molar-refractivity contribution in [2.75, 3.05) is 0 Å². The molecular weight excluding hydrogens is 112 g/mol. The Balaban J connectivity index is 2.83. The van der Waals surface area contributed by atoms with E-state index in [-0.39, 0.29) is 0 Å². The maximum Gasteiger partial charge on any atom is 0.144 e. The highest BCUT2D eigenvalue weighted by Crippen LogP contribution is 2.28. The number of hydrogen-bond acceptors (Lipinski definition) is 1. The summed E-state index contributed by atoms with van der Waals surface area (Å²) in [6, 6.07) is 2.14. The second-order valence-electron chi connectivity index (χ2n) is 2.30. The molecule has 0 saturated carbocycles. The first kappa shape index (κ1) is 3.67. The van der Waals surface area contributed by atoms with Crippen LogP contribution in [0.1, 0.15) is 0 Å². The smallest absolute Gasteiger partial charge is 0.144 e. The van der Waals surface area contributed by atoms with Gasteiger partial charge in [-0.3, -0.25) is 0 Å². The van der Waals surface area contributed by atoms with Crippen molar-refractivity contribution in [3.63, 3.8) is 0 Å². The standard InChI is InChI=1S/C7H4N2/c1-2-9-4-5-3-6(5)7(9)8-1/h1-4H. The van der Waals surface area contributed by atoms with Gasteiger partial charge in [0.2, 0.25) is 0 Å². The van der Waals surface area contributed by atoms with Gasteiger partial charge in [-0.15, -0.1) is 0 Å². The Labute approximate surface area is 51.4 Å². The van der Waals surface area contributed by atoms with Crippen LogP contribution in [0.4, 0.5) is 0 Å². The third-order valence-electron chi connectivity index (χ3n) is 1.72. The molecule has 3 aromatic rings. The van der Waals surface area contributed by atoms with Gasteiger partial charge in [0.05, 0.1) is 0 Å². The molecule has 0 spiro atoms. The summed E-state index contributed by atoms with van der Waals surface area (Å²) >= 11 is 0. The fourth-order valence-electron chi connectivity index (χ4n) is 1.20. The van der Waals surface area contributed by atoms with Gasteiger partial charge in [0.1, 0.15) is 5.65 Å². The molecule has 9 heavy (non-hydrogen) atoms. The Morgan fingerprint density at radius 3 is 3.33 bits per heavy atom. The van der Waals surface area contributed by atoms with E-state index in [0.717, 1.165) is 5.65 Å². The lowest BCUT2D eigenvalue weighted by molar-refractivity contribution is 1.23. The van der Waals surface area contributed by atoms with Gasteiger partial charge < -0.3 is 4.40 Å². The van der Waals surface area contributed by atoms with E-state index in [4.69, 9.17) is 0 Å². The molecule has 0 amide bonds. The van der Waals surface area contributed by atoms with Crippen LogP contribution in [0, 0.1) is 0 Å². The Bertz CT molecular complexity index is 426. The Kier molecular flexibility index (Phi) is 0.358. The summed E-state index contributed by atoms with van der Waals surface area (Å²) in [4.78, 5) is 4.16. The minimum absolute atomic E-state index is 1.10. The summed E-state index contributed by atoms with van der Waals surface area (Å²) in [5, 5.41) is 2.66. The zero-order valence-corrected chi connectivity index (χ0v) is 4.70. The molecule has 42 valence electrons. The maximum atomic E-state index is 4.16. The van der Waals surface area contributed by atoms with Crippen LogP contribution in [-0.2, 0) is 0 Å². The number of rotatable bonds is 0. The Hall–Kier alpha value is -1.31. The largest absolute Gasteiger partial charge is 0.306 e. The van der Waals surface area contributed by atoms with E-state index in [1.807, 2.05) is 16.8 Å². The zero-order chi connectivity index (χ0) is 5.84. The van der Waals surface area contributed by atoms with Gasteiger partial charge in [-0.05, 0) is 6.07 Å². The normalized spacial score (nSPS) is 12.4. The molecular formula is C7H4N2. The molecule has 2 aromatic heterocycles. The highest BCUT2D eigenvalue weighted by Gasteiger charge is 2.09. The van der Waals surface area contributed by atoms with E-state index in [0.29, 0.717) is 0 Å². The lowest BCUT2D eigenvalue weighted by atomic mass is 10.6. The first-order valence-corrected chi connectivity index (χ1v) is 2.92. The summed E-state index contributed by atoms with van der Waals surface area (Å²) in [6.45, 7) is 0. The molecule has 2 heteroatoms. The number of fused-ring (bicyclic) bond motifs is 3. The molecule has 2 heterocycles. The van der Waals surface area contributed by atoms with Gasteiger partial charge in [0, 0.05) is 29.4 Å². The fourth-order valence-corrected chi connectivity index (χ4v) is 1.20. The summed E-state index contributed by atoms with van der Waals surface area (Å²) in [5.41, 5.74) is 1.10. The van der Waals surface area contributed by atoms with Crippen LogP contribution in [-0.4, -0.2) is 9.38 Å². The van der Waals surface area contributed by atoms with Crippen molar-refractivity contribution in [2.45, 2.75) is 0 Å². The Morgan fingerprint density at radius 1 is 1.44 bits per heavy atom. The number of imidazole rings is 1. The van der Waals surface area contributed by atoms with E-state index < -0.39 is 0 Å². The minimum Gasteiger partial charge on any atom is -0.306 e. The van der Waals surface area contributed by atoms with E-state index in [9.17, 15) is 0 Å². The van der Waals surface area contributed by atoms with Crippen molar-refractivity contribution in [3.8, 4) is 0 Å². The lowest BCUT2D eigenvalue weighted by Gasteiger charge is -1.76. The molecule has 0 saturated heterocycles. The molecule has 0 N–H and O–H groups in total. The molecule has 2 nitrogen and oxygen atoms in total. The highest BCUT2D eigenvalue weighted by molar-refractivity contribution is 6.08. The predicted molar refractivity (Wildman–Crippen MR) is 35.1 cm³/mol. The van der Waals surface area contributed by atoms with Gasteiger partial charge in [0.15, 0.2) is 0 Å². The molecule has 0 aliphatic rings. The van der Waals surface area contributed by atoms with Crippen molar-refractivity contribution in [1.29, 1.82) is 0 Å². The third kappa shape index (κ3) is 0.286. The van der Waals surface area contributed by atoms with Crippen molar-refractivity contribution in [2.24, 2.45) is 0 Å². The minimum atomic E-state index is 1.10. The second kappa shape index (κ2) is 0.880. The highest BCUT2D eigenvalue weighted by atomic mass is 15.0. The molecule has 0 radical (unpaired) electrons. The number of nitrogens with zero attached hydrogens (tertiary/aromatic N) is 2. The molecule has 0 unspecified atom stereocenters. The number of hydrogen-bond donors (Lipinski definition) is 0. The van der Waals surface area contributed by atoms with Gasteiger partial charge >= 0.3 is 0 Å². The third-order valence-corrected chi connectivity index (χ3v) is 1.72. The van der Waals surface area contributed by atoms with Crippen molar-refractivity contribution in [3.05, 3.63) is 24.7 Å². The first-order chi connectivity index (χ1) is 4.45. The summed E-state index contributed by atoms with van der Waals surface area (Å²) in [7, 11) is 0. The molecule has 0 aliphatic heterocycles. The van der Waals surface area contributed by atoms with Crippen LogP contribution in [0.25, 0.3) is 16.4 Å². The van der Waals surface area contributed by atoms with Gasteiger partial charge in [-0.25, -0.2) is 4.98 Å². The van der Waals surface area contributed by atoms with Crippen LogP contribution in [0.15, 0.2) is 24.7 Å². The second-order valence-corrected chi connectivity index (χ2v) is 2.30. The maximum absolute atomic E-state index is 4.16. The van der Waals surface area contributed by atoms with Crippen LogP contribution in [0.5, 0.6) is 0 Å². The predicted octanol–water partition coefficient (Wildman–Crippen LogP) is 1.36. The van der Waals surface area contributed by atoms with E-state index in [1.54, 1.807) is 0 Å².